The van der Waals surface area contributed by atoms with Crippen LogP contribution in [0.25, 0.3) is 0 Å². The number of likely N-dealkylation sites (N-methyl/N-ethyl adjacent to an activating group) is 1. The van der Waals surface area contributed by atoms with Gasteiger partial charge in [-0.2, -0.15) is 0 Å². The lowest BCUT2D eigenvalue weighted by molar-refractivity contribution is 0.0718. The zero-order valence-corrected chi connectivity index (χ0v) is 12.9. The Hall–Kier alpha value is -1.66. The number of carbonyl (C=O) groups excluding carboxylic acids is 1. The highest BCUT2D eigenvalue weighted by Crippen LogP contribution is 2.22. The van der Waals surface area contributed by atoms with E-state index in [2.05, 4.69) is 4.98 Å². The Labute approximate surface area is 130 Å². The second kappa shape index (κ2) is 6.62. The first-order valence-electron chi connectivity index (χ1n) is 7.91. The van der Waals surface area contributed by atoms with Crippen molar-refractivity contribution in [3.05, 3.63) is 24.0 Å². The van der Waals surface area contributed by atoms with Crippen molar-refractivity contribution < 1.29 is 14.6 Å². The van der Waals surface area contributed by atoms with Gasteiger partial charge in [-0.25, -0.2) is 0 Å². The molecule has 0 spiro atoms. The van der Waals surface area contributed by atoms with E-state index >= 15 is 0 Å². The molecule has 6 nitrogen and oxygen atoms in total. The second-order valence-electron chi connectivity index (χ2n) is 6.04. The fourth-order valence-electron chi connectivity index (χ4n) is 3.11. The molecule has 1 amide bonds. The minimum absolute atomic E-state index is 0.00169. The van der Waals surface area contributed by atoms with Crippen molar-refractivity contribution in [3.8, 4) is 0 Å². The smallest absolute Gasteiger partial charge is 0.272 e. The number of carbonyl (C=O) groups is 1. The Balaban J connectivity index is 1.75. The highest BCUT2D eigenvalue weighted by Gasteiger charge is 2.30. The van der Waals surface area contributed by atoms with E-state index in [-0.39, 0.29) is 11.9 Å². The molecule has 22 heavy (non-hydrogen) atoms. The highest BCUT2D eigenvalue weighted by atomic mass is 16.5. The Morgan fingerprint density at radius 3 is 2.82 bits per heavy atom. The molecule has 3 heterocycles. The van der Waals surface area contributed by atoms with Crippen LogP contribution in [0.1, 0.15) is 29.8 Å². The number of ether oxygens (including phenoxy) is 1. The third-order valence-corrected chi connectivity index (χ3v) is 4.53. The lowest BCUT2D eigenvalue weighted by Crippen LogP contribution is -2.41. The summed E-state index contributed by atoms with van der Waals surface area (Å²) >= 11 is 0. The number of aliphatic hydroxyl groups excluding tert-OH is 1. The lowest BCUT2D eigenvalue weighted by Gasteiger charge is -2.29. The Morgan fingerprint density at radius 2 is 2.14 bits per heavy atom. The number of pyridine rings is 1. The maximum Gasteiger partial charge on any atom is 0.272 e. The van der Waals surface area contributed by atoms with E-state index < -0.39 is 6.10 Å². The number of likely N-dealkylation sites (tertiary alicyclic amines) is 1. The van der Waals surface area contributed by atoms with Crippen molar-refractivity contribution in [1.82, 2.24) is 9.88 Å². The van der Waals surface area contributed by atoms with Crippen LogP contribution in [0.2, 0.25) is 0 Å². The monoisotopic (exact) mass is 305 g/mol. The first-order valence-corrected chi connectivity index (χ1v) is 7.91. The number of hydrogen-bond donors (Lipinski definition) is 1. The van der Waals surface area contributed by atoms with Gasteiger partial charge in [0.15, 0.2) is 0 Å². The molecule has 2 saturated heterocycles. The topological polar surface area (TPSA) is 65.9 Å². The third kappa shape index (κ3) is 3.08. The SMILES string of the molecule is CN(c1ccnc(C(=O)N2CCCCC2)c1)[C@@H]1COC[C@H]1O. The molecule has 0 aromatic carbocycles. The van der Waals surface area contributed by atoms with E-state index in [0.717, 1.165) is 31.6 Å². The maximum atomic E-state index is 12.5. The van der Waals surface area contributed by atoms with E-state index in [1.807, 2.05) is 29.0 Å². The van der Waals surface area contributed by atoms with Crippen LogP contribution >= 0.6 is 0 Å². The van der Waals surface area contributed by atoms with Gasteiger partial charge in [-0.15, -0.1) is 0 Å². The summed E-state index contributed by atoms with van der Waals surface area (Å²) in [7, 11) is 1.91. The van der Waals surface area contributed by atoms with Crippen LogP contribution in [-0.4, -0.2) is 66.4 Å². The van der Waals surface area contributed by atoms with Crippen LogP contribution in [0.3, 0.4) is 0 Å². The molecule has 6 heteroatoms. The van der Waals surface area contributed by atoms with Gasteiger partial charge < -0.3 is 19.6 Å². The van der Waals surface area contributed by atoms with Crippen LogP contribution in [0.15, 0.2) is 18.3 Å². The molecule has 120 valence electrons. The summed E-state index contributed by atoms with van der Waals surface area (Å²) < 4.78 is 5.30. The van der Waals surface area contributed by atoms with Crippen molar-refractivity contribution in [3.63, 3.8) is 0 Å². The molecule has 0 radical (unpaired) electrons. The third-order valence-electron chi connectivity index (χ3n) is 4.53. The predicted molar refractivity (Wildman–Crippen MR) is 83.0 cm³/mol. The average molecular weight is 305 g/mol. The molecule has 1 aromatic heterocycles. The minimum Gasteiger partial charge on any atom is -0.388 e. The summed E-state index contributed by atoms with van der Waals surface area (Å²) in [6, 6.07) is 3.58. The molecule has 0 saturated carbocycles. The van der Waals surface area contributed by atoms with Gasteiger partial charge in [0.2, 0.25) is 0 Å². The highest BCUT2D eigenvalue weighted by molar-refractivity contribution is 5.93. The molecule has 2 aliphatic heterocycles. The van der Waals surface area contributed by atoms with Crippen LogP contribution in [-0.2, 0) is 4.74 Å². The number of nitrogens with zero attached hydrogens (tertiary/aromatic N) is 3. The molecule has 2 fully saturated rings. The molecule has 2 atom stereocenters. The number of aliphatic hydroxyl groups is 1. The number of anilines is 1. The Morgan fingerprint density at radius 1 is 1.36 bits per heavy atom. The van der Waals surface area contributed by atoms with Crippen molar-refractivity contribution in [2.45, 2.75) is 31.4 Å². The van der Waals surface area contributed by atoms with Gasteiger partial charge in [-0.05, 0) is 31.4 Å². The summed E-state index contributed by atoms with van der Waals surface area (Å²) in [6.07, 6.45) is 4.48. The van der Waals surface area contributed by atoms with Crippen molar-refractivity contribution in [2.24, 2.45) is 0 Å². The molecule has 1 N–H and O–H groups in total. The van der Waals surface area contributed by atoms with Gasteiger partial charge >= 0.3 is 0 Å². The van der Waals surface area contributed by atoms with Crippen molar-refractivity contribution in [2.75, 3.05) is 38.3 Å². The molecular weight excluding hydrogens is 282 g/mol. The lowest BCUT2D eigenvalue weighted by atomic mass is 10.1. The number of aromatic nitrogens is 1. The van der Waals surface area contributed by atoms with Gasteiger partial charge in [-0.3, -0.25) is 9.78 Å². The number of piperidine rings is 1. The van der Waals surface area contributed by atoms with Gasteiger partial charge in [0.05, 0.1) is 25.4 Å². The molecule has 0 bridgehead atoms. The van der Waals surface area contributed by atoms with Crippen LogP contribution in [0.4, 0.5) is 5.69 Å². The number of rotatable bonds is 3. The molecule has 2 aliphatic rings. The van der Waals surface area contributed by atoms with E-state index in [4.69, 9.17) is 4.74 Å². The number of hydrogen-bond acceptors (Lipinski definition) is 5. The number of amides is 1. The fourth-order valence-corrected chi connectivity index (χ4v) is 3.11. The van der Waals surface area contributed by atoms with Gasteiger partial charge in [0, 0.05) is 32.0 Å². The average Bonchev–Trinajstić information content (AvgIpc) is 3.00. The predicted octanol–water partition coefficient (Wildman–Crippen LogP) is 0.904. The minimum atomic E-state index is -0.501. The Bertz CT molecular complexity index is 531. The first-order chi connectivity index (χ1) is 10.7. The summed E-state index contributed by atoms with van der Waals surface area (Å²) in [5.74, 6) is -0.00169. The summed E-state index contributed by atoms with van der Waals surface area (Å²) in [5.41, 5.74) is 1.35. The first kappa shape index (κ1) is 15.2. The summed E-state index contributed by atoms with van der Waals surface area (Å²) in [4.78, 5) is 20.6. The van der Waals surface area contributed by atoms with Crippen molar-refractivity contribution >= 4 is 11.6 Å². The van der Waals surface area contributed by atoms with E-state index in [0.29, 0.717) is 18.9 Å². The standard InChI is InChI=1S/C16H23N3O3/c1-18(14-10-22-11-15(14)20)12-5-6-17-13(9-12)16(21)19-7-3-2-4-8-19/h5-6,9,14-15,20H,2-4,7-8,10-11H2,1H3/t14-,15-/m1/s1. The summed E-state index contributed by atoms with van der Waals surface area (Å²) in [6.45, 7) is 2.49. The van der Waals surface area contributed by atoms with Crippen LogP contribution in [0.5, 0.6) is 0 Å². The van der Waals surface area contributed by atoms with Crippen LogP contribution in [0, 0.1) is 0 Å². The van der Waals surface area contributed by atoms with E-state index in [1.54, 1.807) is 6.20 Å². The molecule has 1 aromatic rings. The van der Waals surface area contributed by atoms with Gasteiger partial charge in [0.25, 0.3) is 5.91 Å². The zero-order chi connectivity index (χ0) is 15.5. The maximum absolute atomic E-state index is 12.5. The van der Waals surface area contributed by atoms with Gasteiger partial charge in [0.1, 0.15) is 5.69 Å². The Kier molecular flexibility index (Phi) is 4.59. The zero-order valence-electron chi connectivity index (χ0n) is 12.9. The molecular formula is C16H23N3O3. The second-order valence-corrected chi connectivity index (χ2v) is 6.04. The largest absolute Gasteiger partial charge is 0.388 e. The van der Waals surface area contributed by atoms with Gasteiger partial charge in [-0.1, -0.05) is 0 Å². The quantitative estimate of drug-likeness (QED) is 0.899. The fraction of sp³-hybridized carbons (Fsp3) is 0.625. The molecule has 0 aliphatic carbocycles. The molecule has 3 rings (SSSR count). The molecule has 0 unspecified atom stereocenters. The summed E-state index contributed by atoms with van der Waals surface area (Å²) in [5, 5.41) is 9.95. The van der Waals surface area contributed by atoms with E-state index in [9.17, 15) is 9.90 Å². The van der Waals surface area contributed by atoms with Crippen LogP contribution < -0.4 is 4.90 Å². The normalized spacial score (nSPS) is 25.3. The van der Waals surface area contributed by atoms with E-state index in [1.165, 1.54) is 6.42 Å². The van der Waals surface area contributed by atoms with Crippen molar-refractivity contribution in [1.29, 1.82) is 0 Å².